The average molecular weight is 552 g/mol. The molecule has 2 aromatic rings. The smallest absolute Gasteiger partial charge is 0.408 e. The largest absolute Gasteiger partial charge is 0.444 e. The van der Waals surface area contributed by atoms with Gasteiger partial charge in [0, 0.05) is 19.0 Å². The molecule has 0 fully saturated rings. The number of unbranched alkanes of at least 4 members (excludes halogenated alkanes) is 5. The van der Waals surface area contributed by atoms with Crippen molar-refractivity contribution in [2.75, 3.05) is 6.54 Å². The zero-order valence-corrected chi connectivity index (χ0v) is 25.2. The van der Waals surface area contributed by atoms with Crippen LogP contribution in [0.25, 0.3) is 0 Å². The molecule has 0 radical (unpaired) electrons. The Hall–Kier alpha value is -3.35. The number of rotatable bonds is 15. The molecular weight excluding hydrogens is 502 g/mol. The quantitative estimate of drug-likeness (QED) is 0.245. The van der Waals surface area contributed by atoms with Crippen molar-refractivity contribution < 1.29 is 19.1 Å². The van der Waals surface area contributed by atoms with Gasteiger partial charge in [0.15, 0.2) is 0 Å². The van der Waals surface area contributed by atoms with Crippen molar-refractivity contribution in [2.45, 2.75) is 110 Å². The first kappa shape index (κ1) is 32.9. The van der Waals surface area contributed by atoms with Crippen LogP contribution in [0, 0.1) is 0 Å². The number of hydrogen-bond acceptors (Lipinski definition) is 4. The summed E-state index contributed by atoms with van der Waals surface area (Å²) in [5, 5.41) is 5.83. The van der Waals surface area contributed by atoms with Gasteiger partial charge in [0.1, 0.15) is 17.7 Å². The molecule has 0 heterocycles. The van der Waals surface area contributed by atoms with Crippen molar-refractivity contribution in [3.63, 3.8) is 0 Å². The summed E-state index contributed by atoms with van der Waals surface area (Å²) >= 11 is 0. The topological polar surface area (TPSA) is 87.7 Å². The van der Waals surface area contributed by atoms with E-state index in [-0.39, 0.29) is 24.3 Å². The summed E-state index contributed by atoms with van der Waals surface area (Å²) < 4.78 is 5.52. The van der Waals surface area contributed by atoms with E-state index in [2.05, 4.69) is 17.6 Å². The van der Waals surface area contributed by atoms with Crippen molar-refractivity contribution >= 4 is 17.9 Å². The van der Waals surface area contributed by atoms with E-state index in [1.165, 1.54) is 6.42 Å². The lowest BCUT2D eigenvalue weighted by Crippen LogP contribution is -2.54. The van der Waals surface area contributed by atoms with E-state index >= 15 is 0 Å². The van der Waals surface area contributed by atoms with Crippen LogP contribution in [0.3, 0.4) is 0 Å². The normalized spacial score (nSPS) is 12.9. The summed E-state index contributed by atoms with van der Waals surface area (Å²) in [6.07, 6.45) is 5.91. The van der Waals surface area contributed by atoms with E-state index in [1.54, 1.807) is 25.7 Å². The van der Waals surface area contributed by atoms with Crippen molar-refractivity contribution in [2.24, 2.45) is 0 Å². The van der Waals surface area contributed by atoms with Gasteiger partial charge in [-0.05, 0) is 52.2 Å². The Balaban J connectivity index is 2.46. The number of carbonyl (C=O) groups is 3. The van der Waals surface area contributed by atoms with Gasteiger partial charge in [-0.1, -0.05) is 99.7 Å². The minimum Gasteiger partial charge on any atom is -0.444 e. The lowest BCUT2D eigenvalue weighted by atomic mass is 9.99. The van der Waals surface area contributed by atoms with Crippen LogP contribution in [0.1, 0.15) is 97.2 Å². The van der Waals surface area contributed by atoms with Crippen molar-refractivity contribution in [1.82, 2.24) is 15.5 Å². The Morgan fingerprint density at radius 3 is 1.98 bits per heavy atom. The second kappa shape index (κ2) is 16.7. The maximum Gasteiger partial charge on any atom is 0.408 e. The van der Waals surface area contributed by atoms with Gasteiger partial charge < -0.3 is 20.3 Å². The second-order valence-corrected chi connectivity index (χ2v) is 11.7. The van der Waals surface area contributed by atoms with Gasteiger partial charge in [-0.25, -0.2) is 4.79 Å². The van der Waals surface area contributed by atoms with Gasteiger partial charge in [-0.2, -0.15) is 0 Å². The fourth-order valence-electron chi connectivity index (χ4n) is 4.60. The molecule has 220 valence electrons. The van der Waals surface area contributed by atoms with Crippen LogP contribution in [0.4, 0.5) is 4.79 Å². The van der Waals surface area contributed by atoms with Crippen molar-refractivity contribution in [3.05, 3.63) is 71.8 Å². The Morgan fingerprint density at radius 1 is 0.825 bits per heavy atom. The molecule has 0 aromatic heterocycles. The molecular formula is C33H49N3O4. The van der Waals surface area contributed by atoms with Gasteiger partial charge in [0.2, 0.25) is 11.8 Å². The van der Waals surface area contributed by atoms with Crippen LogP contribution in [-0.4, -0.2) is 47.0 Å². The molecule has 7 heteroatoms. The van der Waals surface area contributed by atoms with Gasteiger partial charge >= 0.3 is 6.09 Å². The molecule has 0 bridgehead atoms. The SMILES string of the molecule is CCCCCCCCN(C(=O)C(Cc1ccccc1)NC(=O)OC(C)(C)C)C(C(=O)NC(C)C)c1ccccc1. The van der Waals surface area contributed by atoms with Crippen LogP contribution in [0.5, 0.6) is 0 Å². The second-order valence-electron chi connectivity index (χ2n) is 11.7. The maximum absolute atomic E-state index is 14.4. The van der Waals surface area contributed by atoms with E-state index in [0.29, 0.717) is 6.54 Å². The monoisotopic (exact) mass is 551 g/mol. The number of ether oxygens (including phenoxy) is 1. The molecule has 2 N–H and O–H groups in total. The molecule has 0 aliphatic heterocycles. The van der Waals surface area contributed by atoms with E-state index in [4.69, 9.17) is 4.74 Å². The number of nitrogens with zero attached hydrogens (tertiary/aromatic N) is 1. The summed E-state index contributed by atoms with van der Waals surface area (Å²) in [5.41, 5.74) is 0.918. The highest BCUT2D eigenvalue weighted by molar-refractivity contribution is 5.92. The highest BCUT2D eigenvalue weighted by atomic mass is 16.6. The summed E-state index contributed by atoms with van der Waals surface area (Å²) in [7, 11) is 0. The molecule has 3 amide bonds. The first-order valence-electron chi connectivity index (χ1n) is 14.7. The molecule has 0 aliphatic carbocycles. The minimum absolute atomic E-state index is 0.0929. The Kier molecular flexibility index (Phi) is 13.7. The standard InChI is InChI=1S/C33H49N3O4/c1-7-8-9-10-11-18-23-36(29(30(37)34-25(2)3)27-21-16-13-17-22-27)31(38)28(24-26-19-14-12-15-20-26)35-32(39)40-33(4,5)6/h12-17,19-22,25,28-29H,7-11,18,23-24H2,1-6H3,(H,34,37)(H,35,39). The predicted octanol–water partition coefficient (Wildman–Crippen LogP) is 6.58. The first-order chi connectivity index (χ1) is 19.0. The molecule has 0 spiro atoms. The van der Waals surface area contributed by atoms with E-state index in [1.807, 2.05) is 74.5 Å². The number of benzene rings is 2. The molecule has 2 atom stereocenters. The lowest BCUT2D eigenvalue weighted by molar-refractivity contribution is -0.142. The van der Waals surface area contributed by atoms with E-state index in [9.17, 15) is 14.4 Å². The van der Waals surface area contributed by atoms with Gasteiger partial charge in [-0.3, -0.25) is 9.59 Å². The van der Waals surface area contributed by atoms with Gasteiger partial charge in [0.05, 0.1) is 0 Å². The van der Waals surface area contributed by atoms with E-state index in [0.717, 1.165) is 43.2 Å². The highest BCUT2D eigenvalue weighted by Crippen LogP contribution is 2.24. The molecule has 0 saturated carbocycles. The predicted molar refractivity (Wildman–Crippen MR) is 161 cm³/mol. The number of hydrogen-bond donors (Lipinski definition) is 2. The molecule has 0 aliphatic rings. The third kappa shape index (κ3) is 11.8. The molecule has 2 aromatic carbocycles. The summed E-state index contributed by atoms with van der Waals surface area (Å²) in [4.78, 5) is 42.6. The number of nitrogens with one attached hydrogen (secondary N) is 2. The lowest BCUT2D eigenvalue weighted by Gasteiger charge is -2.35. The zero-order chi connectivity index (χ0) is 29.5. The molecule has 2 unspecified atom stereocenters. The summed E-state index contributed by atoms with van der Waals surface area (Å²) in [6, 6.07) is 17.1. The Labute approximate surface area is 241 Å². The van der Waals surface area contributed by atoms with Crippen LogP contribution in [-0.2, 0) is 20.7 Å². The first-order valence-corrected chi connectivity index (χ1v) is 14.7. The molecule has 40 heavy (non-hydrogen) atoms. The minimum atomic E-state index is -0.907. The number of carbonyl (C=O) groups excluding carboxylic acids is 3. The summed E-state index contributed by atoms with van der Waals surface area (Å²) in [5.74, 6) is -0.549. The van der Waals surface area contributed by atoms with Crippen molar-refractivity contribution in [1.29, 1.82) is 0 Å². The van der Waals surface area contributed by atoms with Gasteiger partial charge in [-0.15, -0.1) is 0 Å². The molecule has 0 saturated heterocycles. The van der Waals surface area contributed by atoms with E-state index < -0.39 is 23.8 Å². The number of alkyl carbamates (subject to hydrolysis) is 1. The molecule has 7 nitrogen and oxygen atoms in total. The van der Waals surface area contributed by atoms with Crippen molar-refractivity contribution in [3.8, 4) is 0 Å². The highest BCUT2D eigenvalue weighted by Gasteiger charge is 2.36. The van der Waals surface area contributed by atoms with Crippen LogP contribution in [0.2, 0.25) is 0 Å². The fourth-order valence-corrected chi connectivity index (χ4v) is 4.60. The number of amides is 3. The third-order valence-electron chi connectivity index (χ3n) is 6.41. The van der Waals surface area contributed by atoms with Crippen LogP contribution < -0.4 is 10.6 Å². The van der Waals surface area contributed by atoms with Crippen LogP contribution >= 0.6 is 0 Å². The van der Waals surface area contributed by atoms with Gasteiger partial charge in [0.25, 0.3) is 0 Å². The summed E-state index contributed by atoms with van der Waals surface area (Å²) in [6.45, 7) is 11.7. The Morgan fingerprint density at radius 2 is 1.40 bits per heavy atom. The Bertz CT molecular complexity index is 1030. The average Bonchev–Trinajstić information content (AvgIpc) is 2.88. The molecule has 2 rings (SSSR count). The zero-order valence-electron chi connectivity index (χ0n) is 25.2. The van der Waals surface area contributed by atoms with Crippen LogP contribution in [0.15, 0.2) is 60.7 Å². The maximum atomic E-state index is 14.4. The third-order valence-corrected chi connectivity index (χ3v) is 6.41. The fraction of sp³-hybridized carbons (Fsp3) is 0.545.